The number of benzene rings is 3. The van der Waals surface area contributed by atoms with Crippen molar-refractivity contribution in [2.24, 2.45) is 5.92 Å². The highest BCUT2D eigenvalue weighted by Gasteiger charge is 2.52. The van der Waals surface area contributed by atoms with E-state index in [1.54, 1.807) is 18.2 Å². The number of carbonyl (C=O) groups is 6. The van der Waals surface area contributed by atoms with E-state index < -0.39 is 84.7 Å². The molecule has 13 nitrogen and oxygen atoms in total. The van der Waals surface area contributed by atoms with Gasteiger partial charge in [-0.15, -0.1) is 0 Å². The van der Waals surface area contributed by atoms with Crippen LogP contribution in [0.1, 0.15) is 41.4 Å². The number of amides is 4. The number of carboxylic acids is 1. The van der Waals surface area contributed by atoms with Crippen LogP contribution in [-0.4, -0.2) is 84.9 Å². The van der Waals surface area contributed by atoms with Crippen molar-refractivity contribution < 1.29 is 65.3 Å². The Morgan fingerprint density at radius 3 is 1.98 bits per heavy atom. The number of alkyl halides is 5. The highest BCUT2D eigenvalue weighted by Crippen LogP contribution is 2.24. The molecule has 3 aromatic rings. The number of Topliss-reactive ketones (excluding diaryl/α,β-unsaturated/α-hetero) is 1. The first-order valence-electron chi connectivity index (χ1n) is 16.2. The maximum atomic E-state index is 14.9. The molecule has 55 heavy (non-hydrogen) atoms. The van der Waals surface area contributed by atoms with Crippen molar-refractivity contribution in [2.75, 3.05) is 20.3 Å². The molecule has 296 valence electrons. The molecule has 0 unspecified atom stereocenters. The lowest BCUT2D eigenvalue weighted by atomic mass is 9.94. The van der Waals surface area contributed by atoms with Crippen molar-refractivity contribution >= 4 is 47.0 Å². The number of nitrogens with one attached hydrogen (secondary N) is 4. The summed E-state index contributed by atoms with van der Waals surface area (Å²) in [6.07, 6.45) is -5.25. The summed E-state index contributed by atoms with van der Waals surface area (Å²) in [6, 6.07) is 11.7. The summed E-state index contributed by atoms with van der Waals surface area (Å²) in [5.41, 5.74) is 0.530. The fourth-order valence-corrected chi connectivity index (χ4v) is 5.12. The summed E-state index contributed by atoms with van der Waals surface area (Å²) in [4.78, 5) is 77.0. The number of carboxylic acid groups (broad SMARTS) is 1. The summed E-state index contributed by atoms with van der Waals surface area (Å²) in [7, 11) is 1.35. The molecule has 5 N–H and O–H groups in total. The molecular formula is C36H36ClF5N4O9. The van der Waals surface area contributed by atoms with Crippen LogP contribution >= 0.6 is 11.6 Å². The van der Waals surface area contributed by atoms with Gasteiger partial charge in [0.1, 0.15) is 30.1 Å². The maximum Gasteiger partial charge on any atom is 0.405 e. The molecular weight excluding hydrogens is 763 g/mol. The Balaban J connectivity index is 1.95. The lowest BCUT2D eigenvalue weighted by molar-refractivity contribution is -0.165. The van der Waals surface area contributed by atoms with Gasteiger partial charge in [0.25, 0.3) is 11.8 Å². The molecule has 0 heterocycles. The van der Waals surface area contributed by atoms with Crippen molar-refractivity contribution in [1.29, 1.82) is 0 Å². The van der Waals surface area contributed by atoms with Crippen LogP contribution in [0.3, 0.4) is 0 Å². The van der Waals surface area contributed by atoms with E-state index in [2.05, 4.69) is 16.0 Å². The fourth-order valence-electron chi connectivity index (χ4n) is 4.91. The molecule has 0 bridgehead atoms. The van der Waals surface area contributed by atoms with Crippen LogP contribution in [-0.2, 0) is 30.4 Å². The smallest absolute Gasteiger partial charge is 0.405 e. The molecule has 0 radical (unpaired) electrons. The summed E-state index contributed by atoms with van der Waals surface area (Å²) < 4.78 is 77.8. The monoisotopic (exact) mass is 798 g/mol. The molecule has 3 atom stereocenters. The number of halogens is 6. The summed E-state index contributed by atoms with van der Waals surface area (Å²) in [6.45, 7) is -0.315. The summed E-state index contributed by atoms with van der Waals surface area (Å²) >= 11 is 6.13. The standard InChI is InChI=1S/C36H36ClF5N4O9/c1-19(2)28(30(49)36(41,42)34(53)43-18-35(38,39)40)45-33(52)29(21-7-11-24(54-3)12-8-21)46-32(51)26(16-20-5-4-6-23(37)15-20)44-31(50)22-9-13-25(14-10-22)55-17-27(47)48/h4-15,19,26,28-29H,16-18H2,1-3H3,(H,43,53)(H,44,50)(H,45,52)(H,46,51)(H,47,48)/t26-,28-,29-/m0/s1. The third-order valence-corrected chi connectivity index (χ3v) is 7.95. The topological polar surface area (TPSA) is 189 Å². The molecule has 0 fully saturated rings. The number of methoxy groups -OCH3 is 1. The number of ketones is 1. The Morgan fingerprint density at radius 1 is 0.818 bits per heavy atom. The summed E-state index contributed by atoms with van der Waals surface area (Å²) in [5.74, 6) is -14.6. The van der Waals surface area contributed by atoms with Gasteiger partial charge in [-0.2, -0.15) is 22.0 Å². The second-order valence-corrected chi connectivity index (χ2v) is 12.7. The molecule has 19 heteroatoms. The third-order valence-electron chi connectivity index (χ3n) is 7.72. The summed E-state index contributed by atoms with van der Waals surface area (Å²) in [5, 5.41) is 17.2. The zero-order valence-corrected chi connectivity index (χ0v) is 30.1. The number of rotatable bonds is 18. The van der Waals surface area contributed by atoms with Crippen LogP contribution in [0.4, 0.5) is 22.0 Å². The quantitative estimate of drug-likeness (QED) is 0.0935. The Labute approximate surface area is 315 Å². The average molecular weight is 799 g/mol. The minimum atomic E-state index is -5.06. The predicted octanol–water partition coefficient (Wildman–Crippen LogP) is 4.03. The van der Waals surface area contributed by atoms with Gasteiger partial charge in [-0.25, -0.2) is 4.79 Å². The maximum absolute atomic E-state index is 14.9. The van der Waals surface area contributed by atoms with Crippen molar-refractivity contribution in [1.82, 2.24) is 21.3 Å². The van der Waals surface area contributed by atoms with Gasteiger partial charge in [0.15, 0.2) is 6.61 Å². The first-order chi connectivity index (χ1) is 25.7. The average Bonchev–Trinajstić information content (AvgIpc) is 3.13. The molecule has 0 aliphatic carbocycles. The van der Waals surface area contributed by atoms with Crippen LogP contribution in [0.15, 0.2) is 72.8 Å². The molecule has 0 saturated heterocycles. The van der Waals surface area contributed by atoms with E-state index in [9.17, 15) is 50.7 Å². The number of ether oxygens (including phenoxy) is 2. The second-order valence-electron chi connectivity index (χ2n) is 12.2. The Bertz CT molecular complexity index is 1860. The van der Waals surface area contributed by atoms with Gasteiger partial charge >= 0.3 is 18.1 Å². The lowest BCUT2D eigenvalue weighted by Crippen LogP contribution is -2.58. The van der Waals surface area contributed by atoms with E-state index in [4.69, 9.17) is 26.2 Å². The Kier molecular flexibility index (Phi) is 15.1. The van der Waals surface area contributed by atoms with Gasteiger partial charge < -0.3 is 35.8 Å². The first kappa shape index (κ1) is 43.6. The van der Waals surface area contributed by atoms with E-state index in [0.29, 0.717) is 16.3 Å². The molecule has 0 saturated carbocycles. The van der Waals surface area contributed by atoms with E-state index in [1.165, 1.54) is 75.6 Å². The Hall–Kier alpha value is -5.78. The molecule has 4 amide bonds. The van der Waals surface area contributed by atoms with Crippen molar-refractivity contribution in [3.05, 3.63) is 94.5 Å². The van der Waals surface area contributed by atoms with Crippen LogP contribution in [0.2, 0.25) is 5.02 Å². The van der Waals surface area contributed by atoms with Crippen LogP contribution in [0.25, 0.3) is 0 Å². The van der Waals surface area contributed by atoms with Crippen molar-refractivity contribution in [3.63, 3.8) is 0 Å². The van der Waals surface area contributed by atoms with Gasteiger partial charge in [-0.3, -0.25) is 24.0 Å². The molecule has 3 rings (SSSR count). The largest absolute Gasteiger partial charge is 0.497 e. The predicted molar refractivity (Wildman–Crippen MR) is 186 cm³/mol. The number of aliphatic carboxylic acids is 1. The number of carbonyl (C=O) groups excluding carboxylic acids is 5. The van der Waals surface area contributed by atoms with Gasteiger partial charge in [0, 0.05) is 17.0 Å². The van der Waals surface area contributed by atoms with Gasteiger partial charge in [-0.05, 0) is 65.6 Å². The minimum absolute atomic E-state index is 0.0227. The molecule has 0 aliphatic heterocycles. The van der Waals surface area contributed by atoms with Crippen LogP contribution < -0.4 is 30.7 Å². The SMILES string of the molecule is COc1ccc([C@H](NC(=O)[C@H](Cc2cccc(Cl)c2)NC(=O)c2ccc(OCC(=O)O)cc2)C(=O)N[C@H](C(=O)C(F)(F)C(=O)NCC(F)(F)F)C(C)C)cc1. The molecule has 0 aromatic heterocycles. The fraction of sp³-hybridized carbons (Fsp3) is 0.333. The molecule has 3 aromatic carbocycles. The van der Waals surface area contributed by atoms with E-state index in [1.807, 2.05) is 0 Å². The zero-order valence-electron chi connectivity index (χ0n) is 29.3. The third kappa shape index (κ3) is 12.9. The van der Waals surface area contributed by atoms with Gasteiger partial charge in [-0.1, -0.05) is 49.7 Å². The van der Waals surface area contributed by atoms with Gasteiger partial charge in [0.2, 0.25) is 17.6 Å². The van der Waals surface area contributed by atoms with E-state index in [0.717, 1.165) is 5.32 Å². The van der Waals surface area contributed by atoms with E-state index >= 15 is 0 Å². The first-order valence-corrected chi connectivity index (χ1v) is 16.6. The second kappa shape index (κ2) is 19.0. The van der Waals surface area contributed by atoms with Gasteiger partial charge in [0.05, 0.1) is 13.2 Å². The minimum Gasteiger partial charge on any atom is -0.497 e. The van der Waals surface area contributed by atoms with Crippen LogP contribution in [0, 0.1) is 5.92 Å². The lowest BCUT2D eigenvalue weighted by Gasteiger charge is -2.28. The van der Waals surface area contributed by atoms with Crippen molar-refractivity contribution in [2.45, 2.75) is 50.5 Å². The molecule has 0 spiro atoms. The highest BCUT2D eigenvalue weighted by atomic mass is 35.5. The van der Waals surface area contributed by atoms with Crippen molar-refractivity contribution in [3.8, 4) is 11.5 Å². The zero-order chi connectivity index (χ0) is 41.1. The highest BCUT2D eigenvalue weighted by molar-refractivity contribution is 6.30. The number of hydrogen-bond acceptors (Lipinski definition) is 8. The number of hydrogen-bond donors (Lipinski definition) is 5. The normalized spacial score (nSPS) is 13.1. The molecule has 0 aliphatic rings. The van der Waals surface area contributed by atoms with Crippen LogP contribution in [0.5, 0.6) is 11.5 Å². The van der Waals surface area contributed by atoms with E-state index in [-0.39, 0.29) is 23.3 Å². The Morgan fingerprint density at radius 2 is 1.44 bits per heavy atom.